The summed E-state index contributed by atoms with van der Waals surface area (Å²) in [6, 6.07) is 8.67. The maximum absolute atomic E-state index is 11.6. The molecule has 0 fully saturated rings. The lowest BCUT2D eigenvalue weighted by atomic mass is 10.1. The van der Waals surface area contributed by atoms with Crippen molar-refractivity contribution < 1.29 is 4.79 Å². The van der Waals surface area contributed by atoms with Crippen LogP contribution in [0.4, 0.5) is 5.69 Å². The van der Waals surface area contributed by atoms with E-state index in [0.717, 1.165) is 19.3 Å². The number of carbonyl (C=O) groups excluding carboxylic acids is 1. The Balaban J connectivity index is 2.43. The number of carbonyl (C=O) groups is 1. The molecule has 1 atom stereocenters. The van der Waals surface area contributed by atoms with E-state index in [1.54, 1.807) is 0 Å². The molecule has 1 aromatic carbocycles. The van der Waals surface area contributed by atoms with Gasteiger partial charge >= 0.3 is 0 Å². The summed E-state index contributed by atoms with van der Waals surface area (Å²) in [5.41, 5.74) is 2.46. The third-order valence-corrected chi connectivity index (χ3v) is 3.16. The van der Waals surface area contributed by atoms with E-state index < -0.39 is 0 Å². The molecule has 0 bridgehead atoms. The average Bonchev–Trinajstić information content (AvgIpc) is 2.36. The second-order valence-electron chi connectivity index (χ2n) is 5.34. The number of unbranched alkanes of at least 4 members (excludes halogenated alkanes) is 1. The van der Waals surface area contributed by atoms with Gasteiger partial charge in [0.15, 0.2) is 0 Å². The molecule has 3 nitrogen and oxygen atoms in total. The number of hydrogen-bond donors (Lipinski definition) is 1. The molecule has 0 heterocycles. The van der Waals surface area contributed by atoms with Crippen molar-refractivity contribution in [2.24, 2.45) is 0 Å². The zero-order valence-electron chi connectivity index (χ0n) is 12.6. The first-order valence-electron chi connectivity index (χ1n) is 7.08. The Morgan fingerprint density at radius 2 is 1.89 bits per heavy atom. The average molecular weight is 262 g/mol. The lowest BCUT2D eigenvalue weighted by Crippen LogP contribution is -2.33. The van der Waals surface area contributed by atoms with Gasteiger partial charge in [-0.1, -0.05) is 25.5 Å². The smallest absolute Gasteiger partial charge is 0.220 e. The van der Waals surface area contributed by atoms with Crippen molar-refractivity contribution in [1.29, 1.82) is 0 Å². The Morgan fingerprint density at radius 1 is 1.26 bits per heavy atom. The van der Waals surface area contributed by atoms with E-state index in [2.05, 4.69) is 48.3 Å². The summed E-state index contributed by atoms with van der Waals surface area (Å²) in [4.78, 5) is 13.7. The van der Waals surface area contributed by atoms with E-state index in [9.17, 15) is 4.79 Å². The molecule has 0 saturated carbocycles. The van der Waals surface area contributed by atoms with Gasteiger partial charge in [-0.05, 0) is 37.5 Å². The van der Waals surface area contributed by atoms with Gasteiger partial charge in [-0.2, -0.15) is 0 Å². The van der Waals surface area contributed by atoms with Crippen molar-refractivity contribution in [3.63, 3.8) is 0 Å². The van der Waals surface area contributed by atoms with Gasteiger partial charge in [0.05, 0.1) is 0 Å². The van der Waals surface area contributed by atoms with E-state index >= 15 is 0 Å². The summed E-state index contributed by atoms with van der Waals surface area (Å²) in [5, 5.41) is 3.05. The quantitative estimate of drug-likeness (QED) is 0.819. The topological polar surface area (TPSA) is 32.3 Å². The largest absolute Gasteiger partial charge is 0.378 e. The number of nitrogens with zero attached hydrogens (tertiary/aromatic N) is 1. The Morgan fingerprint density at radius 3 is 2.42 bits per heavy atom. The Kier molecular flexibility index (Phi) is 6.40. The van der Waals surface area contributed by atoms with Crippen LogP contribution in [0.2, 0.25) is 0 Å². The maximum atomic E-state index is 11.6. The monoisotopic (exact) mass is 262 g/mol. The van der Waals surface area contributed by atoms with Crippen molar-refractivity contribution in [3.05, 3.63) is 29.8 Å². The van der Waals surface area contributed by atoms with Crippen molar-refractivity contribution in [2.75, 3.05) is 19.0 Å². The molecule has 0 spiro atoms. The molecular weight excluding hydrogens is 236 g/mol. The summed E-state index contributed by atoms with van der Waals surface area (Å²) in [7, 11) is 4.07. The number of anilines is 1. The maximum Gasteiger partial charge on any atom is 0.220 e. The van der Waals surface area contributed by atoms with Crippen LogP contribution in [0.3, 0.4) is 0 Å². The zero-order valence-corrected chi connectivity index (χ0v) is 12.6. The molecule has 1 amide bonds. The van der Waals surface area contributed by atoms with Crippen LogP contribution < -0.4 is 10.2 Å². The SMILES string of the molecule is CCCCC(=O)NC(C)Cc1ccc(N(C)C)cc1. The molecular formula is C16H26N2O. The van der Waals surface area contributed by atoms with Gasteiger partial charge in [0.2, 0.25) is 5.91 Å². The van der Waals surface area contributed by atoms with Crippen LogP contribution in [0.5, 0.6) is 0 Å². The Bertz CT molecular complexity index is 384. The number of hydrogen-bond acceptors (Lipinski definition) is 2. The van der Waals surface area contributed by atoms with Gasteiger partial charge in [-0.15, -0.1) is 0 Å². The van der Waals surface area contributed by atoms with Crippen LogP contribution >= 0.6 is 0 Å². The standard InChI is InChI=1S/C16H26N2O/c1-5-6-7-16(19)17-13(2)12-14-8-10-15(11-9-14)18(3)4/h8-11,13H,5-7,12H2,1-4H3,(H,17,19). The fraction of sp³-hybridized carbons (Fsp3) is 0.562. The van der Waals surface area contributed by atoms with E-state index in [-0.39, 0.29) is 11.9 Å². The summed E-state index contributed by atoms with van der Waals surface area (Å²) >= 11 is 0. The van der Waals surface area contributed by atoms with Crippen LogP contribution in [-0.4, -0.2) is 26.0 Å². The fourth-order valence-electron chi connectivity index (χ4n) is 2.02. The molecule has 0 saturated heterocycles. The van der Waals surface area contributed by atoms with Crippen LogP contribution in [0.1, 0.15) is 38.7 Å². The minimum Gasteiger partial charge on any atom is -0.378 e. The zero-order chi connectivity index (χ0) is 14.3. The second-order valence-corrected chi connectivity index (χ2v) is 5.34. The van der Waals surface area contributed by atoms with E-state index in [1.807, 2.05) is 14.1 Å². The number of nitrogens with one attached hydrogen (secondary N) is 1. The predicted molar refractivity (Wildman–Crippen MR) is 81.6 cm³/mol. The summed E-state index contributed by atoms with van der Waals surface area (Å²) in [6.45, 7) is 4.16. The lowest BCUT2D eigenvalue weighted by molar-refractivity contribution is -0.121. The molecule has 3 heteroatoms. The number of benzene rings is 1. The highest BCUT2D eigenvalue weighted by Gasteiger charge is 2.07. The molecule has 1 rings (SSSR count). The van der Waals surface area contributed by atoms with Gasteiger partial charge < -0.3 is 10.2 Å². The molecule has 1 N–H and O–H groups in total. The third-order valence-electron chi connectivity index (χ3n) is 3.16. The van der Waals surface area contributed by atoms with E-state index in [4.69, 9.17) is 0 Å². The molecule has 0 aliphatic rings. The van der Waals surface area contributed by atoms with Crippen molar-refractivity contribution in [1.82, 2.24) is 5.32 Å². The summed E-state index contributed by atoms with van der Waals surface area (Å²) in [6.07, 6.45) is 3.55. The van der Waals surface area contributed by atoms with Crippen LogP contribution in [0, 0.1) is 0 Å². The molecule has 0 aliphatic heterocycles. The first kappa shape index (κ1) is 15.5. The van der Waals surface area contributed by atoms with Crippen molar-refractivity contribution in [2.45, 2.75) is 45.6 Å². The highest BCUT2D eigenvalue weighted by atomic mass is 16.1. The number of amides is 1. The normalized spacial score (nSPS) is 12.0. The molecule has 1 unspecified atom stereocenters. The molecule has 19 heavy (non-hydrogen) atoms. The highest BCUT2D eigenvalue weighted by molar-refractivity contribution is 5.76. The van der Waals surface area contributed by atoms with Gasteiger partial charge in [0.25, 0.3) is 0 Å². The molecule has 0 radical (unpaired) electrons. The molecule has 0 aromatic heterocycles. The van der Waals surface area contributed by atoms with E-state index in [1.165, 1.54) is 11.3 Å². The second kappa shape index (κ2) is 7.82. The number of rotatable bonds is 7. The minimum atomic E-state index is 0.166. The molecule has 106 valence electrons. The van der Waals surface area contributed by atoms with Crippen molar-refractivity contribution in [3.8, 4) is 0 Å². The van der Waals surface area contributed by atoms with Crippen LogP contribution in [0.15, 0.2) is 24.3 Å². The highest BCUT2D eigenvalue weighted by Crippen LogP contribution is 2.13. The van der Waals surface area contributed by atoms with Gasteiger partial charge in [0.1, 0.15) is 0 Å². The minimum absolute atomic E-state index is 0.166. The fourth-order valence-corrected chi connectivity index (χ4v) is 2.02. The molecule has 1 aromatic rings. The van der Waals surface area contributed by atoms with Crippen LogP contribution in [-0.2, 0) is 11.2 Å². The molecule has 0 aliphatic carbocycles. The third kappa shape index (κ3) is 5.77. The first-order chi connectivity index (χ1) is 9.02. The van der Waals surface area contributed by atoms with Crippen molar-refractivity contribution >= 4 is 11.6 Å². The van der Waals surface area contributed by atoms with E-state index in [0.29, 0.717) is 6.42 Å². The Labute approximate surface area is 117 Å². The van der Waals surface area contributed by atoms with Gasteiger partial charge in [-0.3, -0.25) is 4.79 Å². The lowest BCUT2D eigenvalue weighted by Gasteiger charge is -2.16. The predicted octanol–water partition coefficient (Wildman–Crippen LogP) is 2.99. The summed E-state index contributed by atoms with van der Waals surface area (Å²) in [5.74, 6) is 0.166. The Hall–Kier alpha value is -1.51. The summed E-state index contributed by atoms with van der Waals surface area (Å²) < 4.78 is 0. The first-order valence-corrected chi connectivity index (χ1v) is 7.08. The van der Waals surface area contributed by atoms with Gasteiger partial charge in [-0.25, -0.2) is 0 Å². The van der Waals surface area contributed by atoms with Gasteiger partial charge in [0, 0.05) is 32.2 Å². The van der Waals surface area contributed by atoms with Crippen LogP contribution in [0.25, 0.3) is 0 Å².